The SMILES string of the molecule is CC(C)C[C@@H](NC(=O)C(C)(C)N)C(=O)NC1Cc2cccc(-n3c(O)ccc3O)c2N(Cc2ccccc2)C1=O. The van der Waals surface area contributed by atoms with Crippen LogP contribution in [0.25, 0.3) is 5.69 Å². The molecule has 3 amide bonds. The first-order valence-electron chi connectivity index (χ1n) is 13.3. The summed E-state index contributed by atoms with van der Waals surface area (Å²) < 4.78 is 1.27. The van der Waals surface area contributed by atoms with Gasteiger partial charge in [-0.25, -0.2) is 4.57 Å². The van der Waals surface area contributed by atoms with E-state index >= 15 is 0 Å². The topological polar surface area (TPSA) is 150 Å². The van der Waals surface area contributed by atoms with Crippen LogP contribution in [0.5, 0.6) is 11.8 Å². The van der Waals surface area contributed by atoms with Gasteiger partial charge in [-0.3, -0.25) is 14.4 Å². The van der Waals surface area contributed by atoms with E-state index < -0.39 is 29.4 Å². The average molecular weight is 548 g/mol. The van der Waals surface area contributed by atoms with Crippen molar-refractivity contribution in [2.75, 3.05) is 4.90 Å². The molecular weight excluding hydrogens is 510 g/mol. The van der Waals surface area contributed by atoms with E-state index in [0.29, 0.717) is 17.8 Å². The van der Waals surface area contributed by atoms with E-state index in [4.69, 9.17) is 5.73 Å². The number of rotatable bonds is 9. The smallest absolute Gasteiger partial charge is 0.250 e. The molecule has 10 nitrogen and oxygen atoms in total. The summed E-state index contributed by atoms with van der Waals surface area (Å²) >= 11 is 0. The molecule has 3 aromatic rings. The van der Waals surface area contributed by atoms with Gasteiger partial charge in [-0.15, -0.1) is 0 Å². The summed E-state index contributed by atoms with van der Waals surface area (Å²) in [7, 11) is 0. The fourth-order valence-electron chi connectivity index (χ4n) is 4.86. The lowest BCUT2D eigenvalue weighted by Crippen LogP contribution is -2.59. The van der Waals surface area contributed by atoms with Crippen LogP contribution in [0, 0.1) is 5.92 Å². The number of hydrogen-bond donors (Lipinski definition) is 5. The first-order valence-corrected chi connectivity index (χ1v) is 13.3. The van der Waals surface area contributed by atoms with Crippen LogP contribution in [0.15, 0.2) is 60.7 Å². The highest BCUT2D eigenvalue weighted by Crippen LogP contribution is 2.39. The molecule has 4 rings (SSSR count). The zero-order valence-electron chi connectivity index (χ0n) is 23.2. The van der Waals surface area contributed by atoms with Crippen molar-refractivity contribution >= 4 is 23.4 Å². The van der Waals surface area contributed by atoms with Gasteiger partial charge in [0.15, 0.2) is 11.8 Å². The van der Waals surface area contributed by atoms with Crippen molar-refractivity contribution in [1.29, 1.82) is 0 Å². The molecular formula is C30H37N5O5. The molecule has 0 saturated heterocycles. The highest BCUT2D eigenvalue weighted by atomic mass is 16.3. The lowest BCUT2D eigenvalue weighted by Gasteiger charge is -2.37. The van der Waals surface area contributed by atoms with Gasteiger partial charge < -0.3 is 31.5 Å². The van der Waals surface area contributed by atoms with Crippen molar-refractivity contribution in [1.82, 2.24) is 15.2 Å². The largest absolute Gasteiger partial charge is 0.494 e. The number of nitrogens with two attached hydrogens (primary N) is 1. The van der Waals surface area contributed by atoms with E-state index in [1.54, 1.807) is 30.9 Å². The fourth-order valence-corrected chi connectivity index (χ4v) is 4.86. The molecule has 2 aromatic carbocycles. The predicted molar refractivity (Wildman–Crippen MR) is 152 cm³/mol. The van der Waals surface area contributed by atoms with Gasteiger partial charge in [0.2, 0.25) is 17.7 Å². The van der Waals surface area contributed by atoms with E-state index in [0.717, 1.165) is 11.1 Å². The maximum Gasteiger partial charge on any atom is 0.250 e. The Bertz CT molecular complexity index is 1370. The molecule has 1 aliphatic heterocycles. The van der Waals surface area contributed by atoms with E-state index in [2.05, 4.69) is 10.6 Å². The fraction of sp³-hybridized carbons (Fsp3) is 0.367. The van der Waals surface area contributed by atoms with Crippen molar-refractivity contribution in [3.05, 3.63) is 71.8 Å². The predicted octanol–water partition coefficient (Wildman–Crippen LogP) is 2.73. The standard InChI is InChI=1S/C30H37N5O5/c1-18(2)15-21(33-29(40)30(3,4)31)27(38)32-22-16-20-11-8-12-23(35-24(36)13-14-25(35)37)26(20)34(28(22)39)17-19-9-6-5-7-10-19/h5-14,18,21-22,36-37H,15-17,31H2,1-4H3,(H,32,38)(H,33,40)/t21-,22?/m1/s1. The van der Waals surface area contributed by atoms with Crippen LogP contribution < -0.4 is 21.3 Å². The van der Waals surface area contributed by atoms with Crippen molar-refractivity contribution < 1.29 is 24.6 Å². The van der Waals surface area contributed by atoms with E-state index in [1.807, 2.05) is 50.2 Å². The van der Waals surface area contributed by atoms with Gasteiger partial charge in [0, 0.05) is 18.6 Å². The van der Waals surface area contributed by atoms with E-state index in [9.17, 15) is 24.6 Å². The highest BCUT2D eigenvalue weighted by molar-refractivity contribution is 6.04. The summed E-state index contributed by atoms with van der Waals surface area (Å²) in [5.74, 6) is -1.54. The third-order valence-corrected chi connectivity index (χ3v) is 6.85. The minimum Gasteiger partial charge on any atom is -0.494 e. The highest BCUT2D eigenvalue weighted by Gasteiger charge is 2.38. The summed E-state index contributed by atoms with van der Waals surface area (Å²) in [6.45, 7) is 7.21. The van der Waals surface area contributed by atoms with Gasteiger partial charge in [-0.05, 0) is 43.4 Å². The van der Waals surface area contributed by atoms with Gasteiger partial charge in [0.25, 0.3) is 0 Å². The van der Waals surface area contributed by atoms with Crippen LogP contribution in [0.4, 0.5) is 5.69 Å². The van der Waals surface area contributed by atoms with Crippen molar-refractivity contribution in [2.24, 2.45) is 11.7 Å². The molecule has 0 radical (unpaired) electrons. The molecule has 0 aliphatic carbocycles. The third-order valence-electron chi connectivity index (χ3n) is 6.85. The van der Waals surface area contributed by atoms with Crippen molar-refractivity contribution in [3.8, 4) is 17.4 Å². The molecule has 0 spiro atoms. The molecule has 40 heavy (non-hydrogen) atoms. The second kappa shape index (κ2) is 11.4. The molecule has 1 aromatic heterocycles. The van der Waals surface area contributed by atoms with Crippen LogP contribution in [-0.2, 0) is 27.3 Å². The van der Waals surface area contributed by atoms with Crippen molar-refractivity contribution in [3.63, 3.8) is 0 Å². The summed E-state index contributed by atoms with van der Waals surface area (Å²) in [5, 5.41) is 26.5. The normalized spacial score (nSPS) is 16.0. The molecule has 0 saturated carbocycles. The number of hydrogen-bond acceptors (Lipinski definition) is 6. The van der Waals surface area contributed by atoms with Crippen LogP contribution in [0.1, 0.15) is 45.2 Å². The second-order valence-electron chi connectivity index (χ2n) is 11.2. The molecule has 0 fully saturated rings. The maximum atomic E-state index is 14.0. The minimum absolute atomic E-state index is 0.0961. The number of fused-ring (bicyclic) bond motifs is 1. The van der Waals surface area contributed by atoms with Crippen LogP contribution in [-0.4, -0.2) is 50.1 Å². The van der Waals surface area contributed by atoms with Gasteiger partial charge in [-0.2, -0.15) is 0 Å². The van der Waals surface area contributed by atoms with E-state index in [-0.39, 0.29) is 36.6 Å². The van der Waals surface area contributed by atoms with Crippen LogP contribution >= 0.6 is 0 Å². The third kappa shape index (κ3) is 6.12. The molecule has 6 N–H and O–H groups in total. The zero-order valence-corrected chi connectivity index (χ0v) is 23.2. The number of aromatic hydroxyl groups is 2. The Morgan fingerprint density at radius 2 is 1.68 bits per heavy atom. The van der Waals surface area contributed by atoms with Gasteiger partial charge >= 0.3 is 0 Å². The number of anilines is 1. The first kappa shape index (κ1) is 28.7. The maximum absolute atomic E-state index is 14.0. The Kier molecular flexibility index (Phi) is 8.20. The minimum atomic E-state index is -1.17. The Labute approximate surface area is 233 Å². The number of nitrogens with zero attached hydrogens (tertiary/aromatic N) is 2. The zero-order chi connectivity index (χ0) is 29.2. The number of para-hydroxylation sites is 1. The van der Waals surface area contributed by atoms with Crippen LogP contribution in [0.2, 0.25) is 0 Å². The monoisotopic (exact) mass is 547 g/mol. The number of carbonyl (C=O) groups excluding carboxylic acids is 3. The lowest BCUT2D eigenvalue weighted by atomic mass is 9.94. The molecule has 2 heterocycles. The number of carbonyl (C=O) groups is 3. The Balaban J connectivity index is 1.71. The number of benzene rings is 2. The molecule has 212 valence electrons. The van der Waals surface area contributed by atoms with Gasteiger partial charge in [0.1, 0.15) is 12.1 Å². The summed E-state index contributed by atoms with van der Waals surface area (Å²) in [6, 6.07) is 15.7. The summed E-state index contributed by atoms with van der Waals surface area (Å²) in [4.78, 5) is 41.7. The second-order valence-corrected chi connectivity index (χ2v) is 11.2. The summed E-state index contributed by atoms with van der Waals surface area (Å²) in [5.41, 5.74) is 7.34. The van der Waals surface area contributed by atoms with E-state index in [1.165, 1.54) is 16.7 Å². The Morgan fingerprint density at radius 1 is 1.02 bits per heavy atom. The van der Waals surface area contributed by atoms with Crippen LogP contribution in [0.3, 0.4) is 0 Å². The number of amides is 3. The van der Waals surface area contributed by atoms with Crippen molar-refractivity contribution in [2.45, 2.75) is 64.7 Å². The number of nitrogens with one attached hydrogen (secondary N) is 2. The molecule has 10 heteroatoms. The Hall–Kier alpha value is -4.31. The number of aromatic nitrogens is 1. The van der Waals surface area contributed by atoms with Gasteiger partial charge in [0.05, 0.1) is 23.5 Å². The molecule has 0 bridgehead atoms. The quantitative estimate of drug-likeness (QED) is 0.278. The molecule has 1 aliphatic rings. The molecule has 1 unspecified atom stereocenters. The lowest BCUT2D eigenvalue weighted by molar-refractivity contribution is -0.133. The average Bonchev–Trinajstić information content (AvgIpc) is 3.22. The van der Waals surface area contributed by atoms with Gasteiger partial charge in [-0.1, -0.05) is 56.3 Å². The molecule has 2 atom stereocenters. The first-order chi connectivity index (χ1) is 18.9. The summed E-state index contributed by atoms with van der Waals surface area (Å²) in [6.07, 6.45) is 0.557. The Morgan fingerprint density at radius 3 is 2.27 bits per heavy atom.